The first-order valence-corrected chi connectivity index (χ1v) is 13.8. The molecule has 0 aliphatic carbocycles. The number of rotatable bonds is 9. The topological polar surface area (TPSA) is 40.5 Å². The van der Waals surface area contributed by atoms with Crippen LogP contribution in [0.4, 0.5) is 4.79 Å². The number of para-hydroxylation sites is 1. The van der Waals surface area contributed by atoms with Gasteiger partial charge < -0.3 is 9.16 Å². The number of carbonyl (C=O) groups is 1. The molecule has 0 atom stereocenters. The van der Waals surface area contributed by atoms with Gasteiger partial charge in [-0.2, -0.15) is 0 Å². The fourth-order valence-electron chi connectivity index (χ4n) is 5.23. The highest BCUT2D eigenvalue weighted by atomic mass is 28.4. The van der Waals surface area contributed by atoms with Gasteiger partial charge in [0.2, 0.25) is 0 Å². The minimum absolute atomic E-state index is 0.260. The number of fused-ring (bicyclic) bond motifs is 1. The van der Waals surface area contributed by atoms with Crippen molar-refractivity contribution in [2.45, 2.75) is 71.2 Å². The zero-order chi connectivity index (χ0) is 23.3. The second-order valence-electron chi connectivity index (χ2n) is 9.50. The van der Waals surface area contributed by atoms with Gasteiger partial charge in [-0.1, -0.05) is 90.1 Å². The summed E-state index contributed by atoms with van der Waals surface area (Å²) in [4.78, 5) is 12.9. The molecule has 0 bridgehead atoms. The first-order valence-electron chi connectivity index (χ1n) is 11.7. The van der Waals surface area contributed by atoms with Gasteiger partial charge in [-0.25, -0.2) is 4.79 Å². The first-order chi connectivity index (χ1) is 15.3. The minimum Gasteiger partial charge on any atom is -0.444 e. The van der Waals surface area contributed by atoms with Crippen molar-refractivity contribution in [1.82, 2.24) is 4.57 Å². The van der Waals surface area contributed by atoms with E-state index in [0.29, 0.717) is 23.2 Å². The van der Waals surface area contributed by atoms with Crippen LogP contribution in [0.15, 0.2) is 60.8 Å². The van der Waals surface area contributed by atoms with Crippen molar-refractivity contribution in [3.8, 4) is 0 Å². The lowest BCUT2D eigenvalue weighted by Gasteiger charge is -2.42. The molecule has 0 aliphatic heterocycles. The van der Waals surface area contributed by atoms with Crippen LogP contribution in [-0.4, -0.2) is 25.6 Å². The fourth-order valence-corrected chi connectivity index (χ4v) is 10.7. The van der Waals surface area contributed by atoms with E-state index < -0.39 is 8.32 Å². The van der Waals surface area contributed by atoms with Gasteiger partial charge in [0.25, 0.3) is 0 Å². The maximum Gasteiger partial charge on any atom is 0.418 e. The molecule has 0 N–H and O–H groups in total. The van der Waals surface area contributed by atoms with Crippen LogP contribution < -0.4 is 0 Å². The quantitative estimate of drug-likeness (QED) is 0.315. The number of ether oxygens (including phenoxy) is 1. The Kier molecular flexibility index (Phi) is 7.96. The Balaban J connectivity index is 1.77. The zero-order valence-electron chi connectivity index (χ0n) is 20.3. The second-order valence-corrected chi connectivity index (χ2v) is 15.0. The van der Waals surface area contributed by atoms with Crippen molar-refractivity contribution in [2.75, 3.05) is 6.61 Å². The molecular formula is C27H37NO3Si. The molecule has 1 aromatic heterocycles. The zero-order valence-corrected chi connectivity index (χ0v) is 21.3. The van der Waals surface area contributed by atoms with Crippen LogP contribution in [0.3, 0.4) is 0 Å². The molecule has 0 saturated carbocycles. The van der Waals surface area contributed by atoms with Crippen LogP contribution in [0, 0.1) is 0 Å². The van der Waals surface area contributed by atoms with Crippen molar-refractivity contribution in [3.63, 3.8) is 0 Å². The van der Waals surface area contributed by atoms with Crippen LogP contribution >= 0.6 is 0 Å². The number of nitrogens with zero attached hydrogens (tertiary/aromatic N) is 1. The van der Waals surface area contributed by atoms with Crippen molar-refractivity contribution in [1.29, 1.82) is 0 Å². The molecule has 0 amide bonds. The molecule has 4 nitrogen and oxygen atoms in total. The Hall–Kier alpha value is -2.37. The molecule has 1 heterocycles. The molecule has 0 radical (unpaired) electrons. The van der Waals surface area contributed by atoms with Crippen LogP contribution in [-0.2, 0) is 22.2 Å². The van der Waals surface area contributed by atoms with E-state index in [0.717, 1.165) is 28.5 Å². The van der Waals surface area contributed by atoms with E-state index in [2.05, 4.69) is 47.6 Å². The molecule has 0 fully saturated rings. The Morgan fingerprint density at radius 1 is 0.875 bits per heavy atom. The predicted octanol–water partition coefficient (Wildman–Crippen LogP) is 7.56. The predicted molar refractivity (Wildman–Crippen MR) is 135 cm³/mol. The molecule has 32 heavy (non-hydrogen) atoms. The largest absolute Gasteiger partial charge is 0.444 e. The molecule has 3 rings (SSSR count). The van der Waals surface area contributed by atoms with Gasteiger partial charge in [0, 0.05) is 18.2 Å². The summed E-state index contributed by atoms with van der Waals surface area (Å²) in [6.07, 6.45) is 2.35. The van der Waals surface area contributed by atoms with Gasteiger partial charge in [0.1, 0.15) is 6.61 Å². The first kappa shape index (κ1) is 24.3. The molecule has 0 aliphatic rings. The molecule has 3 aromatic rings. The average Bonchev–Trinajstić information content (AvgIpc) is 3.14. The van der Waals surface area contributed by atoms with Gasteiger partial charge in [0.15, 0.2) is 8.32 Å². The lowest BCUT2D eigenvalue weighted by atomic mass is 10.1. The molecule has 5 heteroatoms. The van der Waals surface area contributed by atoms with Crippen LogP contribution in [0.5, 0.6) is 0 Å². The van der Waals surface area contributed by atoms with E-state index in [1.54, 1.807) is 4.57 Å². The summed E-state index contributed by atoms with van der Waals surface area (Å²) < 4.78 is 14.0. The Bertz CT molecular complexity index is 1000. The maximum atomic E-state index is 12.9. The van der Waals surface area contributed by atoms with Gasteiger partial charge in [0.05, 0.1) is 5.52 Å². The third-order valence-electron chi connectivity index (χ3n) is 6.63. The van der Waals surface area contributed by atoms with Gasteiger partial charge in [-0.3, -0.25) is 4.57 Å². The van der Waals surface area contributed by atoms with Crippen LogP contribution in [0.2, 0.25) is 16.6 Å². The van der Waals surface area contributed by atoms with Gasteiger partial charge >= 0.3 is 6.09 Å². The summed E-state index contributed by atoms with van der Waals surface area (Å²) in [5.74, 6) is 0. The van der Waals surface area contributed by atoms with Crippen molar-refractivity contribution >= 4 is 25.3 Å². The molecule has 0 unspecified atom stereocenters. The number of hydrogen-bond donors (Lipinski definition) is 0. The Morgan fingerprint density at radius 3 is 2.09 bits per heavy atom. The third-order valence-corrected chi connectivity index (χ3v) is 12.7. The van der Waals surface area contributed by atoms with Gasteiger partial charge in [-0.15, -0.1) is 0 Å². The number of hydrogen-bond acceptors (Lipinski definition) is 3. The van der Waals surface area contributed by atoms with E-state index >= 15 is 0 Å². The highest BCUT2D eigenvalue weighted by molar-refractivity contribution is 6.77. The van der Waals surface area contributed by atoms with Crippen molar-refractivity contribution in [2.24, 2.45) is 0 Å². The van der Waals surface area contributed by atoms with Crippen LogP contribution in [0.1, 0.15) is 52.7 Å². The number of benzene rings is 2. The summed E-state index contributed by atoms with van der Waals surface area (Å²) >= 11 is 0. The SMILES string of the molecule is CC(C)[Si](OCCc1cn(C(=O)OCc2ccccc2)c2ccccc12)(C(C)C)C(C)C. The number of aromatic nitrogens is 1. The summed E-state index contributed by atoms with van der Waals surface area (Å²) in [6, 6.07) is 17.8. The number of carbonyl (C=O) groups excluding carboxylic acids is 1. The maximum absolute atomic E-state index is 12.9. The van der Waals surface area contributed by atoms with E-state index in [1.807, 2.05) is 54.7 Å². The smallest absolute Gasteiger partial charge is 0.418 e. The second kappa shape index (κ2) is 10.5. The van der Waals surface area contributed by atoms with Crippen LogP contribution in [0.25, 0.3) is 10.9 Å². The lowest BCUT2D eigenvalue weighted by Crippen LogP contribution is -2.48. The highest BCUT2D eigenvalue weighted by Gasteiger charge is 2.44. The molecule has 2 aromatic carbocycles. The summed E-state index contributed by atoms with van der Waals surface area (Å²) in [5.41, 5.74) is 4.63. The summed E-state index contributed by atoms with van der Waals surface area (Å²) in [5, 5.41) is 1.08. The lowest BCUT2D eigenvalue weighted by molar-refractivity contribution is 0.142. The summed E-state index contributed by atoms with van der Waals surface area (Å²) in [6.45, 7) is 14.8. The van der Waals surface area contributed by atoms with Gasteiger partial charge in [-0.05, 0) is 40.2 Å². The monoisotopic (exact) mass is 451 g/mol. The Morgan fingerprint density at radius 2 is 1.47 bits per heavy atom. The summed E-state index contributed by atoms with van der Waals surface area (Å²) in [7, 11) is -1.91. The molecule has 0 saturated heterocycles. The highest BCUT2D eigenvalue weighted by Crippen LogP contribution is 2.42. The van der Waals surface area contributed by atoms with Crippen molar-refractivity contribution < 1.29 is 14.0 Å². The normalized spacial score (nSPS) is 12.3. The van der Waals surface area contributed by atoms with E-state index in [4.69, 9.17) is 9.16 Å². The van der Waals surface area contributed by atoms with E-state index in [-0.39, 0.29) is 12.7 Å². The molecule has 172 valence electrons. The standard InChI is InChI=1S/C27H37NO3Si/c1-20(2)32(21(3)4,22(5)6)31-17-16-24-18-28(26-15-11-10-14-25(24)26)27(29)30-19-23-12-8-7-9-13-23/h7-15,18,20-22H,16-17,19H2,1-6H3. The molecule has 0 spiro atoms. The minimum atomic E-state index is -1.91. The Labute approximate surface area is 193 Å². The van der Waals surface area contributed by atoms with E-state index in [1.165, 1.54) is 0 Å². The fraction of sp³-hybridized carbons (Fsp3) is 0.444. The third kappa shape index (κ3) is 4.99. The van der Waals surface area contributed by atoms with E-state index in [9.17, 15) is 4.79 Å². The average molecular weight is 452 g/mol. The molecular weight excluding hydrogens is 414 g/mol. The van der Waals surface area contributed by atoms with Crippen molar-refractivity contribution in [3.05, 3.63) is 71.9 Å².